The van der Waals surface area contributed by atoms with Gasteiger partial charge in [-0.15, -0.1) is 0 Å². The zero-order valence-corrected chi connectivity index (χ0v) is 13.2. The topological polar surface area (TPSA) is 85.3 Å². The van der Waals surface area contributed by atoms with Crippen LogP contribution in [0.4, 0.5) is 0 Å². The van der Waals surface area contributed by atoms with E-state index in [-0.39, 0.29) is 22.2 Å². The molecule has 1 unspecified atom stereocenters. The monoisotopic (exact) mass is 358 g/mol. The lowest BCUT2D eigenvalue weighted by Crippen LogP contribution is -2.26. The largest absolute Gasteiger partial charge is 0.452 e. The van der Waals surface area contributed by atoms with Gasteiger partial charge in [-0.1, -0.05) is 30.3 Å². The van der Waals surface area contributed by atoms with Crippen molar-refractivity contribution in [3.63, 3.8) is 0 Å². The first kappa shape index (κ1) is 15.2. The normalized spacial score (nSPS) is 13.3. The van der Waals surface area contributed by atoms with Crippen LogP contribution in [0.3, 0.4) is 0 Å². The van der Waals surface area contributed by atoms with E-state index in [1.54, 1.807) is 6.92 Å². The molecule has 1 aromatic heterocycles. The molecule has 0 aliphatic heterocycles. The number of hydrogen-bond donors (Lipinski definition) is 2. The number of nitrogens with one attached hydrogen (secondary N) is 1. The number of furan rings is 1. The minimum absolute atomic E-state index is 0.0562. The summed E-state index contributed by atoms with van der Waals surface area (Å²) in [5.74, 6) is 0.407. The number of rotatable bonds is 5. The van der Waals surface area contributed by atoms with Crippen molar-refractivity contribution < 1.29 is 12.8 Å². The molecule has 1 aromatic carbocycles. The Morgan fingerprint density at radius 2 is 2.00 bits per heavy atom. The maximum Gasteiger partial charge on any atom is 0.245 e. The fourth-order valence-electron chi connectivity index (χ4n) is 1.79. The summed E-state index contributed by atoms with van der Waals surface area (Å²) >= 11 is 3.10. The maximum absolute atomic E-state index is 12.3. The SMILES string of the molecule is CC(NS(=O)(=O)c1cc(CN)oc1Br)c1ccccc1. The lowest BCUT2D eigenvalue weighted by molar-refractivity contribution is 0.483. The minimum atomic E-state index is -3.67. The van der Waals surface area contributed by atoms with E-state index in [0.717, 1.165) is 5.56 Å². The molecule has 0 radical (unpaired) electrons. The van der Waals surface area contributed by atoms with Gasteiger partial charge in [0.1, 0.15) is 10.7 Å². The molecule has 1 heterocycles. The highest BCUT2D eigenvalue weighted by Gasteiger charge is 2.24. The molecule has 3 N–H and O–H groups in total. The van der Waals surface area contributed by atoms with Crippen LogP contribution in [0.2, 0.25) is 0 Å². The molecule has 2 rings (SSSR count). The second-order valence-electron chi connectivity index (χ2n) is 4.31. The predicted octanol–water partition coefficient (Wildman–Crippen LogP) is 2.54. The summed E-state index contributed by atoms with van der Waals surface area (Å²) in [5.41, 5.74) is 6.32. The molecule has 1 atom stereocenters. The minimum Gasteiger partial charge on any atom is -0.452 e. The molecule has 0 saturated heterocycles. The molecule has 108 valence electrons. The van der Waals surface area contributed by atoms with Crippen molar-refractivity contribution in [1.29, 1.82) is 0 Å². The second-order valence-corrected chi connectivity index (χ2v) is 6.71. The highest BCUT2D eigenvalue weighted by atomic mass is 79.9. The number of hydrogen-bond acceptors (Lipinski definition) is 4. The van der Waals surface area contributed by atoms with Crippen molar-refractivity contribution in [2.24, 2.45) is 5.73 Å². The number of halogens is 1. The summed E-state index contributed by atoms with van der Waals surface area (Å²) < 4.78 is 32.6. The fraction of sp³-hybridized carbons (Fsp3) is 0.231. The van der Waals surface area contributed by atoms with Crippen molar-refractivity contribution >= 4 is 26.0 Å². The molecular weight excluding hydrogens is 344 g/mol. The standard InChI is InChI=1S/C13H15BrN2O3S/c1-9(10-5-3-2-4-6-10)16-20(17,18)12-7-11(8-15)19-13(12)14/h2-7,9,16H,8,15H2,1H3. The van der Waals surface area contributed by atoms with Gasteiger partial charge in [-0.25, -0.2) is 13.1 Å². The maximum atomic E-state index is 12.3. The molecule has 0 fully saturated rings. The van der Waals surface area contributed by atoms with Gasteiger partial charge < -0.3 is 10.2 Å². The Morgan fingerprint density at radius 3 is 2.55 bits per heavy atom. The Morgan fingerprint density at radius 1 is 1.35 bits per heavy atom. The van der Waals surface area contributed by atoms with Gasteiger partial charge in [-0.2, -0.15) is 0 Å². The summed E-state index contributed by atoms with van der Waals surface area (Å²) in [6.45, 7) is 1.92. The van der Waals surface area contributed by atoms with Gasteiger partial charge in [0.25, 0.3) is 0 Å². The summed E-state index contributed by atoms with van der Waals surface area (Å²) in [6, 6.07) is 10.4. The second kappa shape index (κ2) is 6.09. The first-order valence-corrected chi connectivity index (χ1v) is 8.27. The lowest BCUT2D eigenvalue weighted by Gasteiger charge is -2.13. The molecule has 0 aliphatic rings. The van der Waals surface area contributed by atoms with E-state index < -0.39 is 10.0 Å². The first-order valence-electron chi connectivity index (χ1n) is 5.99. The Labute approximate surface area is 126 Å². The highest BCUT2D eigenvalue weighted by Crippen LogP contribution is 2.27. The molecule has 0 bridgehead atoms. The smallest absolute Gasteiger partial charge is 0.245 e. The van der Waals surface area contributed by atoms with Gasteiger partial charge in [-0.3, -0.25) is 0 Å². The van der Waals surface area contributed by atoms with Gasteiger partial charge in [0.15, 0.2) is 4.67 Å². The van der Waals surface area contributed by atoms with Gasteiger partial charge in [0.2, 0.25) is 10.0 Å². The van der Waals surface area contributed by atoms with Crippen LogP contribution in [0.15, 0.2) is 50.4 Å². The molecule has 5 nitrogen and oxygen atoms in total. The van der Waals surface area contributed by atoms with E-state index >= 15 is 0 Å². The van der Waals surface area contributed by atoms with Crippen LogP contribution in [-0.2, 0) is 16.6 Å². The summed E-state index contributed by atoms with van der Waals surface area (Å²) in [7, 11) is -3.67. The van der Waals surface area contributed by atoms with Gasteiger partial charge in [0, 0.05) is 12.1 Å². The van der Waals surface area contributed by atoms with E-state index in [2.05, 4.69) is 20.7 Å². The fourth-order valence-corrected chi connectivity index (χ4v) is 4.02. The molecule has 20 heavy (non-hydrogen) atoms. The van der Waals surface area contributed by atoms with E-state index in [1.165, 1.54) is 6.07 Å². The van der Waals surface area contributed by atoms with Crippen LogP contribution in [0.5, 0.6) is 0 Å². The van der Waals surface area contributed by atoms with Crippen molar-refractivity contribution in [2.45, 2.75) is 24.4 Å². The molecule has 0 aliphatic carbocycles. The third-order valence-corrected chi connectivity index (χ3v) is 5.23. The van der Waals surface area contributed by atoms with Crippen LogP contribution in [-0.4, -0.2) is 8.42 Å². The highest BCUT2D eigenvalue weighted by molar-refractivity contribution is 9.10. The average Bonchev–Trinajstić information content (AvgIpc) is 2.81. The van der Waals surface area contributed by atoms with E-state index in [0.29, 0.717) is 5.76 Å². The average molecular weight is 359 g/mol. The van der Waals surface area contributed by atoms with Gasteiger partial charge in [0.05, 0.1) is 6.54 Å². The van der Waals surface area contributed by atoms with Gasteiger partial charge >= 0.3 is 0 Å². The van der Waals surface area contributed by atoms with E-state index in [1.807, 2.05) is 30.3 Å². The third kappa shape index (κ3) is 3.29. The summed E-state index contributed by atoms with van der Waals surface area (Å²) in [4.78, 5) is 0.0562. The molecule has 2 aromatic rings. The lowest BCUT2D eigenvalue weighted by atomic mass is 10.1. The Hall–Kier alpha value is -1.15. The zero-order valence-electron chi connectivity index (χ0n) is 10.8. The Bertz CT molecular complexity index is 683. The number of sulfonamides is 1. The van der Waals surface area contributed by atoms with Crippen molar-refractivity contribution in [2.75, 3.05) is 0 Å². The molecule has 0 saturated carbocycles. The molecule has 0 amide bonds. The molecule has 7 heteroatoms. The zero-order chi connectivity index (χ0) is 14.8. The van der Waals surface area contributed by atoms with Gasteiger partial charge in [-0.05, 0) is 28.4 Å². The van der Waals surface area contributed by atoms with Crippen LogP contribution in [0.1, 0.15) is 24.3 Å². The Kier molecular flexibility index (Phi) is 4.64. The van der Waals surface area contributed by atoms with Crippen molar-refractivity contribution in [1.82, 2.24) is 4.72 Å². The molecular formula is C13H15BrN2O3S. The van der Waals surface area contributed by atoms with E-state index in [9.17, 15) is 8.42 Å². The predicted molar refractivity (Wildman–Crippen MR) is 79.5 cm³/mol. The van der Waals surface area contributed by atoms with Crippen LogP contribution < -0.4 is 10.5 Å². The molecule has 0 spiro atoms. The number of nitrogens with two attached hydrogens (primary N) is 1. The number of benzene rings is 1. The van der Waals surface area contributed by atoms with Crippen molar-refractivity contribution in [3.05, 3.63) is 52.4 Å². The van der Waals surface area contributed by atoms with Crippen LogP contribution in [0.25, 0.3) is 0 Å². The first-order chi connectivity index (χ1) is 9.44. The van der Waals surface area contributed by atoms with Crippen LogP contribution in [0, 0.1) is 0 Å². The third-order valence-electron chi connectivity index (χ3n) is 2.83. The quantitative estimate of drug-likeness (QED) is 0.859. The van der Waals surface area contributed by atoms with Crippen LogP contribution >= 0.6 is 15.9 Å². The summed E-state index contributed by atoms with van der Waals surface area (Å²) in [5, 5.41) is 0. The van der Waals surface area contributed by atoms with Crippen molar-refractivity contribution in [3.8, 4) is 0 Å². The Balaban J connectivity index is 2.25. The summed E-state index contributed by atoms with van der Waals surface area (Å²) in [6.07, 6.45) is 0. The van der Waals surface area contributed by atoms with E-state index in [4.69, 9.17) is 10.2 Å².